The molecule has 0 saturated carbocycles. The van der Waals surface area contributed by atoms with Crippen molar-refractivity contribution < 1.29 is 18.4 Å². The minimum atomic E-state index is -1.29. The molecule has 1 aromatic heterocycles. The molecule has 29 heavy (non-hydrogen) atoms. The maximum Gasteiger partial charge on any atom is 0.325 e. The van der Waals surface area contributed by atoms with E-state index in [1.807, 2.05) is 0 Å². The van der Waals surface area contributed by atoms with Crippen LogP contribution in [0, 0.1) is 5.82 Å². The topological polar surface area (TPSA) is 75.4 Å². The number of amides is 3. The molecule has 1 fully saturated rings. The second kappa shape index (κ2) is 7.17. The van der Waals surface area contributed by atoms with Gasteiger partial charge in [0.05, 0.1) is 16.2 Å². The van der Waals surface area contributed by atoms with Gasteiger partial charge in [-0.3, -0.25) is 9.69 Å². The van der Waals surface area contributed by atoms with Crippen molar-refractivity contribution >= 4 is 35.1 Å². The van der Waals surface area contributed by atoms with Crippen LogP contribution in [0.1, 0.15) is 18.4 Å². The maximum absolute atomic E-state index is 13.1. The number of carbonyl (C=O) groups is 2. The molecule has 0 spiro atoms. The minimum Gasteiger partial charge on any atom is -0.439 e. The number of carbonyl (C=O) groups excluding carboxylic acids is 2. The minimum absolute atomic E-state index is 0.150. The van der Waals surface area contributed by atoms with Crippen LogP contribution in [0.3, 0.4) is 0 Å². The molecule has 1 N–H and O–H groups in total. The van der Waals surface area contributed by atoms with Gasteiger partial charge in [0.2, 0.25) is 5.89 Å². The van der Waals surface area contributed by atoms with Gasteiger partial charge in [0.15, 0.2) is 5.76 Å². The van der Waals surface area contributed by atoms with Gasteiger partial charge in [0.1, 0.15) is 17.9 Å². The number of hydrogen-bond acceptors (Lipinski definition) is 4. The molecule has 3 amide bonds. The molecule has 1 aliphatic rings. The maximum atomic E-state index is 13.1. The van der Waals surface area contributed by atoms with Crippen molar-refractivity contribution in [1.29, 1.82) is 0 Å². The molecule has 1 saturated heterocycles. The molecule has 0 aliphatic carbocycles. The molecular formula is C20H14Cl2FN3O3. The molecule has 6 nitrogen and oxygen atoms in total. The van der Waals surface area contributed by atoms with Crippen molar-refractivity contribution in [2.75, 3.05) is 0 Å². The van der Waals surface area contributed by atoms with Crippen molar-refractivity contribution in [3.05, 3.63) is 76.0 Å². The van der Waals surface area contributed by atoms with E-state index >= 15 is 0 Å². The van der Waals surface area contributed by atoms with Gasteiger partial charge in [-0.25, -0.2) is 14.2 Å². The van der Waals surface area contributed by atoms with Crippen LogP contribution in [0.5, 0.6) is 0 Å². The first-order chi connectivity index (χ1) is 13.8. The number of aromatic nitrogens is 1. The summed E-state index contributed by atoms with van der Waals surface area (Å²) in [6.45, 7) is 1.44. The van der Waals surface area contributed by atoms with Gasteiger partial charge in [-0.05, 0) is 48.9 Å². The summed E-state index contributed by atoms with van der Waals surface area (Å²) in [5.41, 5.74) is -0.160. The summed E-state index contributed by atoms with van der Waals surface area (Å²) in [6.07, 6.45) is 1.46. The third-order valence-electron chi connectivity index (χ3n) is 4.75. The summed E-state index contributed by atoms with van der Waals surface area (Å²) in [5, 5.41) is 3.31. The number of benzene rings is 2. The van der Waals surface area contributed by atoms with E-state index in [1.165, 1.54) is 18.3 Å². The second-order valence-electron chi connectivity index (χ2n) is 6.70. The van der Waals surface area contributed by atoms with Crippen molar-refractivity contribution in [2.24, 2.45) is 0 Å². The van der Waals surface area contributed by atoms with Gasteiger partial charge in [0.25, 0.3) is 5.91 Å². The zero-order valence-electron chi connectivity index (χ0n) is 15.1. The van der Waals surface area contributed by atoms with Crippen LogP contribution in [0.15, 0.2) is 53.1 Å². The SMILES string of the molecule is CC1(c2ccc(Cl)c(Cl)c2)NC(=O)N(Cc2ncc(-c3ccc(F)cc3)o2)C1=O. The second-order valence-corrected chi connectivity index (χ2v) is 7.51. The van der Waals surface area contributed by atoms with E-state index < -0.39 is 17.5 Å². The predicted molar refractivity (Wildman–Crippen MR) is 105 cm³/mol. The van der Waals surface area contributed by atoms with Gasteiger partial charge in [-0.2, -0.15) is 0 Å². The molecule has 148 valence electrons. The van der Waals surface area contributed by atoms with Gasteiger partial charge in [0, 0.05) is 5.56 Å². The third-order valence-corrected chi connectivity index (χ3v) is 5.49. The van der Waals surface area contributed by atoms with Crippen LogP contribution in [0.25, 0.3) is 11.3 Å². The normalized spacial score (nSPS) is 19.0. The molecule has 3 aromatic rings. The number of nitrogens with one attached hydrogen (secondary N) is 1. The first-order valence-corrected chi connectivity index (χ1v) is 9.34. The fourth-order valence-corrected chi connectivity index (χ4v) is 3.41. The lowest BCUT2D eigenvalue weighted by atomic mass is 9.92. The highest BCUT2D eigenvalue weighted by molar-refractivity contribution is 6.42. The lowest BCUT2D eigenvalue weighted by Crippen LogP contribution is -2.40. The zero-order valence-corrected chi connectivity index (χ0v) is 16.6. The highest BCUT2D eigenvalue weighted by Gasteiger charge is 2.49. The summed E-state index contributed by atoms with van der Waals surface area (Å²) in [5.74, 6) is -0.262. The highest BCUT2D eigenvalue weighted by atomic mass is 35.5. The molecular weight excluding hydrogens is 420 g/mol. The zero-order chi connectivity index (χ0) is 20.8. The molecule has 4 rings (SSSR count). The van der Waals surface area contributed by atoms with Crippen molar-refractivity contribution in [1.82, 2.24) is 15.2 Å². The Kier molecular flexibility index (Phi) is 4.80. The van der Waals surface area contributed by atoms with Crippen LogP contribution in [0.4, 0.5) is 9.18 Å². The number of urea groups is 1. The van der Waals surface area contributed by atoms with Gasteiger partial charge >= 0.3 is 6.03 Å². The monoisotopic (exact) mass is 433 g/mol. The highest BCUT2D eigenvalue weighted by Crippen LogP contribution is 2.33. The predicted octanol–water partition coefficient (Wildman–Crippen LogP) is 4.75. The molecule has 9 heteroatoms. The molecule has 1 aliphatic heterocycles. The molecule has 0 radical (unpaired) electrons. The molecule has 0 bridgehead atoms. The van der Waals surface area contributed by atoms with Crippen LogP contribution < -0.4 is 5.32 Å². The summed E-state index contributed by atoms with van der Waals surface area (Å²) >= 11 is 12.0. The fraction of sp³-hybridized carbons (Fsp3) is 0.150. The van der Waals surface area contributed by atoms with Gasteiger partial charge in [-0.1, -0.05) is 29.3 Å². The largest absolute Gasteiger partial charge is 0.439 e. The number of rotatable bonds is 4. The lowest BCUT2D eigenvalue weighted by molar-refractivity contribution is -0.131. The van der Waals surface area contributed by atoms with Gasteiger partial charge < -0.3 is 9.73 Å². The average Bonchev–Trinajstić information content (AvgIpc) is 3.24. The summed E-state index contributed by atoms with van der Waals surface area (Å²) in [4.78, 5) is 30.6. The van der Waals surface area contributed by atoms with Crippen LogP contribution >= 0.6 is 23.2 Å². The summed E-state index contributed by atoms with van der Waals surface area (Å²) in [7, 11) is 0. The van der Waals surface area contributed by atoms with E-state index in [0.29, 0.717) is 21.9 Å². The summed E-state index contributed by atoms with van der Waals surface area (Å²) in [6, 6.07) is 9.87. The molecule has 2 aromatic carbocycles. The Hall–Kier alpha value is -2.90. The first kappa shape index (κ1) is 19.4. The number of imide groups is 1. The van der Waals surface area contributed by atoms with Crippen molar-refractivity contribution in [3.63, 3.8) is 0 Å². The lowest BCUT2D eigenvalue weighted by Gasteiger charge is -2.22. The van der Waals surface area contributed by atoms with Crippen molar-refractivity contribution in [3.8, 4) is 11.3 Å². The van der Waals surface area contributed by atoms with Gasteiger partial charge in [-0.15, -0.1) is 0 Å². The smallest absolute Gasteiger partial charge is 0.325 e. The Labute approximate surface area is 175 Å². The molecule has 1 atom stereocenters. The number of nitrogens with zero attached hydrogens (tertiary/aromatic N) is 2. The molecule has 2 heterocycles. The Morgan fingerprint density at radius 1 is 1.14 bits per heavy atom. The van der Waals surface area contributed by atoms with Crippen LogP contribution in [0.2, 0.25) is 10.0 Å². The van der Waals surface area contributed by atoms with E-state index in [-0.39, 0.29) is 23.3 Å². The number of halogens is 3. The molecule has 1 unspecified atom stereocenters. The Morgan fingerprint density at radius 3 is 2.55 bits per heavy atom. The fourth-order valence-electron chi connectivity index (χ4n) is 3.11. The Balaban J connectivity index is 1.57. The van der Waals surface area contributed by atoms with Crippen molar-refractivity contribution in [2.45, 2.75) is 19.0 Å². The van der Waals surface area contributed by atoms with E-state index in [1.54, 1.807) is 37.3 Å². The van der Waals surface area contributed by atoms with E-state index in [0.717, 1.165) is 4.90 Å². The Morgan fingerprint density at radius 2 is 1.86 bits per heavy atom. The number of hydrogen-bond donors (Lipinski definition) is 1. The van der Waals surface area contributed by atoms with E-state index in [2.05, 4.69) is 10.3 Å². The van der Waals surface area contributed by atoms with Crippen LogP contribution in [-0.2, 0) is 16.9 Å². The van der Waals surface area contributed by atoms with E-state index in [4.69, 9.17) is 27.6 Å². The quantitative estimate of drug-likeness (QED) is 0.602. The Bertz CT molecular complexity index is 1120. The van der Waals surface area contributed by atoms with E-state index in [9.17, 15) is 14.0 Å². The first-order valence-electron chi connectivity index (χ1n) is 8.58. The van der Waals surface area contributed by atoms with Crippen LogP contribution in [-0.4, -0.2) is 21.8 Å². The third kappa shape index (κ3) is 3.47. The average molecular weight is 434 g/mol. The summed E-state index contributed by atoms with van der Waals surface area (Å²) < 4.78 is 18.7. The standard InChI is InChI=1S/C20H14Cl2FN3O3/c1-20(12-4-7-14(21)15(22)8-12)18(27)26(19(28)25-20)10-17-24-9-16(29-17)11-2-5-13(23)6-3-11/h2-9H,10H2,1H3,(H,25,28). The number of oxazole rings is 1.